The van der Waals surface area contributed by atoms with Crippen LogP contribution >= 0.6 is 11.3 Å². The molecule has 3 rings (SSSR count). The fourth-order valence-corrected chi connectivity index (χ4v) is 3.60. The number of thiazole rings is 1. The zero-order valence-corrected chi connectivity index (χ0v) is 15.4. The summed E-state index contributed by atoms with van der Waals surface area (Å²) >= 11 is 1.32. The van der Waals surface area contributed by atoms with Gasteiger partial charge in [-0.15, -0.1) is 10.2 Å². The molecule has 1 aromatic carbocycles. The number of carbonyl (C=O) groups excluding carboxylic acids is 1. The number of nitrogens with zero attached hydrogens (tertiary/aromatic N) is 3. The van der Waals surface area contributed by atoms with Crippen molar-refractivity contribution in [3.63, 3.8) is 0 Å². The number of amides is 1. The number of benzene rings is 1. The molecule has 1 N–H and O–H groups in total. The van der Waals surface area contributed by atoms with Crippen molar-refractivity contribution in [3.8, 4) is 11.5 Å². The number of anilines is 1. The van der Waals surface area contributed by atoms with Crippen LogP contribution in [0.5, 0.6) is 11.5 Å². The maximum absolute atomic E-state index is 12.7. The molecule has 0 aliphatic heterocycles. The highest BCUT2D eigenvalue weighted by atomic mass is 32.1. The summed E-state index contributed by atoms with van der Waals surface area (Å²) in [5.74, 6) is 1.86. The Kier molecular flexibility index (Phi) is 4.89. The number of hydrogen-bond acceptors (Lipinski definition) is 6. The molecule has 0 saturated heterocycles. The zero-order valence-electron chi connectivity index (χ0n) is 14.6. The van der Waals surface area contributed by atoms with Gasteiger partial charge in [-0.1, -0.05) is 11.3 Å². The van der Waals surface area contributed by atoms with Gasteiger partial charge in [0.2, 0.25) is 4.96 Å². The summed E-state index contributed by atoms with van der Waals surface area (Å²) in [5, 5.41) is 11.0. The van der Waals surface area contributed by atoms with E-state index in [4.69, 9.17) is 9.47 Å². The number of aromatic nitrogens is 3. The predicted molar refractivity (Wildman–Crippen MR) is 97.1 cm³/mol. The molecule has 0 aliphatic rings. The lowest BCUT2D eigenvalue weighted by molar-refractivity contribution is 0.102. The van der Waals surface area contributed by atoms with Crippen molar-refractivity contribution < 1.29 is 14.3 Å². The predicted octanol–water partition coefficient (Wildman–Crippen LogP) is 3.46. The zero-order chi connectivity index (χ0) is 18.0. The molecule has 132 valence electrons. The van der Waals surface area contributed by atoms with E-state index in [2.05, 4.69) is 15.5 Å². The average Bonchev–Trinajstić information content (AvgIpc) is 3.11. The van der Waals surface area contributed by atoms with Crippen LogP contribution in [0.3, 0.4) is 0 Å². The molecule has 0 atom stereocenters. The van der Waals surface area contributed by atoms with Crippen LogP contribution < -0.4 is 14.8 Å². The third-order valence-electron chi connectivity index (χ3n) is 3.66. The van der Waals surface area contributed by atoms with Crippen molar-refractivity contribution in [2.45, 2.75) is 27.7 Å². The Morgan fingerprint density at radius 3 is 2.56 bits per heavy atom. The maximum atomic E-state index is 12.7. The maximum Gasteiger partial charge on any atom is 0.267 e. The molecular weight excluding hydrogens is 340 g/mol. The summed E-state index contributed by atoms with van der Waals surface area (Å²) in [7, 11) is 0. The minimum absolute atomic E-state index is 0.181. The number of fused-ring (bicyclic) bond motifs is 1. The molecular formula is C17H20N4O3S. The minimum Gasteiger partial charge on any atom is -0.490 e. The fraction of sp³-hybridized carbons (Fsp3) is 0.353. The molecule has 2 heterocycles. The van der Waals surface area contributed by atoms with Gasteiger partial charge in [0, 0.05) is 17.4 Å². The van der Waals surface area contributed by atoms with Gasteiger partial charge in [-0.2, -0.15) is 0 Å². The van der Waals surface area contributed by atoms with E-state index in [-0.39, 0.29) is 5.91 Å². The van der Waals surface area contributed by atoms with Gasteiger partial charge in [0.15, 0.2) is 11.5 Å². The van der Waals surface area contributed by atoms with Crippen molar-refractivity contribution in [2.75, 3.05) is 18.5 Å². The van der Waals surface area contributed by atoms with Gasteiger partial charge in [0.25, 0.3) is 5.91 Å². The molecule has 2 aromatic heterocycles. The lowest BCUT2D eigenvalue weighted by Crippen LogP contribution is -2.12. The Balaban J connectivity index is 1.86. The van der Waals surface area contributed by atoms with Crippen LogP contribution in [-0.4, -0.2) is 33.7 Å². The van der Waals surface area contributed by atoms with Crippen LogP contribution in [0.2, 0.25) is 0 Å². The average molecular weight is 360 g/mol. The third-order valence-corrected chi connectivity index (χ3v) is 4.79. The van der Waals surface area contributed by atoms with Crippen LogP contribution in [0.4, 0.5) is 5.69 Å². The van der Waals surface area contributed by atoms with Crippen LogP contribution in [-0.2, 0) is 0 Å². The Hall–Kier alpha value is -2.61. The summed E-state index contributed by atoms with van der Waals surface area (Å²) in [4.78, 5) is 14.0. The molecule has 0 unspecified atom stereocenters. The van der Waals surface area contributed by atoms with Gasteiger partial charge in [-0.05, 0) is 39.8 Å². The topological polar surface area (TPSA) is 77.8 Å². The number of rotatable bonds is 6. The summed E-state index contributed by atoms with van der Waals surface area (Å²) in [6, 6.07) is 5.37. The second kappa shape index (κ2) is 7.10. The summed E-state index contributed by atoms with van der Waals surface area (Å²) < 4.78 is 13.0. The van der Waals surface area contributed by atoms with E-state index in [1.165, 1.54) is 11.3 Å². The molecule has 1 amide bonds. The lowest BCUT2D eigenvalue weighted by Gasteiger charge is -2.13. The largest absolute Gasteiger partial charge is 0.490 e. The summed E-state index contributed by atoms with van der Waals surface area (Å²) in [5.41, 5.74) is 1.48. The SMILES string of the molecule is CCOc1ccc(NC(=O)c2sc3nnc(C)n3c2C)cc1OCC. The third kappa shape index (κ3) is 3.30. The summed E-state index contributed by atoms with van der Waals surface area (Å²) in [6.07, 6.45) is 0. The van der Waals surface area contributed by atoms with Crippen LogP contribution in [0.15, 0.2) is 18.2 Å². The van der Waals surface area contributed by atoms with E-state index < -0.39 is 0 Å². The first-order valence-electron chi connectivity index (χ1n) is 8.07. The second-order valence-corrected chi connectivity index (χ2v) is 6.34. The first-order chi connectivity index (χ1) is 12.0. The van der Waals surface area contributed by atoms with Crippen LogP contribution in [0.25, 0.3) is 4.96 Å². The van der Waals surface area contributed by atoms with Crippen molar-refractivity contribution in [3.05, 3.63) is 34.6 Å². The number of hydrogen-bond donors (Lipinski definition) is 1. The summed E-state index contributed by atoms with van der Waals surface area (Å²) in [6.45, 7) is 8.64. The number of ether oxygens (including phenoxy) is 2. The van der Waals surface area contributed by atoms with E-state index >= 15 is 0 Å². The highest BCUT2D eigenvalue weighted by Gasteiger charge is 2.19. The highest BCUT2D eigenvalue weighted by molar-refractivity contribution is 7.19. The Morgan fingerprint density at radius 1 is 1.16 bits per heavy atom. The van der Waals surface area contributed by atoms with Gasteiger partial charge < -0.3 is 14.8 Å². The van der Waals surface area contributed by atoms with Gasteiger partial charge in [-0.3, -0.25) is 9.20 Å². The Labute approximate surface area is 149 Å². The number of nitrogens with one attached hydrogen (secondary N) is 1. The van der Waals surface area contributed by atoms with Crippen molar-refractivity contribution >= 4 is 27.9 Å². The van der Waals surface area contributed by atoms with Gasteiger partial charge in [0.05, 0.1) is 13.2 Å². The number of carbonyl (C=O) groups is 1. The van der Waals surface area contributed by atoms with Crippen molar-refractivity contribution in [1.29, 1.82) is 0 Å². The first-order valence-corrected chi connectivity index (χ1v) is 8.88. The van der Waals surface area contributed by atoms with Gasteiger partial charge >= 0.3 is 0 Å². The smallest absolute Gasteiger partial charge is 0.267 e. The van der Waals surface area contributed by atoms with E-state index in [1.54, 1.807) is 18.2 Å². The quantitative estimate of drug-likeness (QED) is 0.728. The molecule has 0 bridgehead atoms. The highest BCUT2D eigenvalue weighted by Crippen LogP contribution is 2.31. The second-order valence-electron chi connectivity index (χ2n) is 5.36. The Bertz CT molecular complexity index is 916. The molecule has 8 heteroatoms. The monoisotopic (exact) mass is 360 g/mol. The van der Waals surface area contributed by atoms with Gasteiger partial charge in [0.1, 0.15) is 10.7 Å². The molecule has 3 aromatic rings. The van der Waals surface area contributed by atoms with Crippen LogP contribution in [0.1, 0.15) is 35.0 Å². The molecule has 0 aliphatic carbocycles. The molecule has 7 nitrogen and oxygen atoms in total. The van der Waals surface area contributed by atoms with E-state index in [0.29, 0.717) is 40.2 Å². The van der Waals surface area contributed by atoms with Crippen molar-refractivity contribution in [1.82, 2.24) is 14.6 Å². The van der Waals surface area contributed by atoms with Crippen LogP contribution in [0, 0.1) is 13.8 Å². The molecule has 0 radical (unpaired) electrons. The number of aryl methyl sites for hydroxylation is 2. The van der Waals surface area contributed by atoms with Crippen molar-refractivity contribution in [2.24, 2.45) is 0 Å². The normalized spacial score (nSPS) is 10.9. The molecule has 0 saturated carbocycles. The fourth-order valence-electron chi connectivity index (χ4n) is 2.59. The van der Waals surface area contributed by atoms with Gasteiger partial charge in [-0.25, -0.2) is 0 Å². The van der Waals surface area contributed by atoms with E-state index in [1.807, 2.05) is 32.1 Å². The molecule has 0 fully saturated rings. The lowest BCUT2D eigenvalue weighted by atomic mass is 10.2. The van der Waals surface area contributed by atoms with E-state index in [0.717, 1.165) is 11.5 Å². The molecule has 25 heavy (non-hydrogen) atoms. The minimum atomic E-state index is -0.181. The standard InChI is InChI=1S/C17H20N4O3S/c1-5-23-13-8-7-12(9-14(13)24-6-2)18-16(22)15-10(3)21-11(4)19-20-17(21)25-15/h7-9H,5-6H2,1-4H3,(H,18,22). The first kappa shape index (κ1) is 17.2. The molecule has 0 spiro atoms. The van der Waals surface area contributed by atoms with E-state index in [9.17, 15) is 4.79 Å². The Morgan fingerprint density at radius 2 is 1.88 bits per heavy atom.